The van der Waals surface area contributed by atoms with E-state index in [1.54, 1.807) is 12.1 Å². The molecular weight excluding hydrogens is 262 g/mol. The van der Waals surface area contributed by atoms with Crippen molar-refractivity contribution in [3.05, 3.63) is 41.2 Å². The van der Waals surface area contributed by atoms with Gasteiger partial charge in [-0.2, -0.15) is 0 Å². The van der Waals surface area contributed by atoms with E-state index < -0.39 is 0 Å². The van der Waals surface area contributed by atoms with E-state index in [-0.39, 0.29) is 11.3 Å². The Hall–Kier alpha value is -1.94. The lowest BCUT2D eigenvalue weighted by Gasteiger charge is -2.22. The van der Waals surface area contributed by atoms with Crippen LogP contribution < -0.4 is 5.32 Å². The maximum absolute atomic E-state index is 9.35. The average Bonchev–Trinajstić information content (AvgIpc) is 2.37. The highest BCUT2D eigenvalue weighted by Crippen LogP contribution is 2.21. The number of aryl methyl sites for hydroxylation is 2. The molecule has 0 fully saturated rings. The molecule has 0 amide bonds. The summed E-state index contributed by atoms with van der Waals surface area (Å²) < 4.78 is 0. The normalized spacial score (nSPS) is 11.7. The Bertz CT molecular complexity index is 604. The number of nitrogens with zero attached hydrogens (tertiary/aromatic N) is 2. The van der Waals surface area contributed by atoms with Gasteiger partial charge in [0.15, 0.2) is 5.82 Å². The molecule has 1 heterocycles. The SMILES string of the molecule is Cc1nc(-c2ccc(O)cc2)nc(C)c1CNC(C)(C)C. The van der Waals surface area contributed by atoms with Crippen LogP contribution in [0.4, 0.5) is 0 Å². The van der Waals surface area contributed by atoms with Gasteiger partial charge in [-0.15, -0.1) is 0 Å². The molecular formula is C17H23N3O. The zero-order valence-corrected chi connectivity index (χ0v) is 13.4. The number of aromatic nitrogens is 2. The molecule has 21 heavy (non-hydrogen) atoms. The minimum absolute atomic E-state index is 0.0640. The third kappa shape index (κ3) is 4.02. The van der Waals surface area contributed by atoms with Gasteiger partial charge < -0.3 is 10.4 Å². The highest BCUT2D eigenvalue weighted by molar-refractivity contribution is 5.57. The Labute approximate surface area is 126 Å². The molecule has 4 heteroatoms. The number of nitrogens with one attached hydrogen (secondary N) is 1. The molecule has 2 aromatic rings. The van der Waals surface area contributed by atoms with Crippen LogP contribution in [0.1, 0.15) is 37.7 Å². The summed E-state index contributed by atoms with van der Waals surface area (Å²) in [5.74, 6) is 0.947. The van der Waals surface area contributed by atoms with Crippen LogP contribution in [0, 0.1) is 13.8 Å². The maximum Gasteiger partial charge on any atom is 0.159 e. The van der Waals surface area contributed by atoms with Gasteiger partial charge in [-0.3, -0.25) is 0 Å². The monoisotopic (exact) mass is 285 g/mol. The van der Waals surface area contributed by atoms with Gasteiger partial charge >= 0.3 is 0 Å². The van der Waals surface area contributed by atoms with Crippen molar-refractivity contribution >= 4 is 0 Å². The van der Waals surface area contributed by atoms with Crippen molar-refractivity contribution in [3.63, 3.8) is 0 Å². The molecule has 0 saturated carbocycles. The standard InChI is InChI=1S/C17H23N3O/c1-11-15(10-18-17(3,4)5)12(2)20-16(19-11)13-6-8-14(21)9-7-13/h6-9,18,21H,10H2,1-5H3. The highest BCUT2D eigenvalue weighted by Gasteiger charge is 2.13. The van der Waals surface area contributed by atoms with Gasteiger partial charge in [0.1, 0.15) is 5.75 Å². The average molecular weight is 285 g/mol. The largest absolute Gasteiger partial charge is 0.508 e. The number of hydrogen-bond acceptors (Lipinski definition) is 4. The molecule has 0 atom stereocenters. The van der Waals surface area contributed by atoms with Crippen LogP contribution in [0.3, 0.4) is 0 Å². The lowest BCUT2D eigenvalue weighted by atomic mass is 10.1. The number of phenolic OH excluding ortho intramolecular Hbond substituents is 1. The van der Waals surface area contributed by atoms with E-state index in [1.807, 2.05) is 26.0 Å². The Balaban J connectivity index is 2.30. The van der Waals surface area contributed by atoms with Gasteiger partial charge in [-0.25, -0.2) is 9.97 Å². The summed E-state index contributed by atoms with van der Waals surface area (Å²) in [7, 11) is 0. The summed E-state index contributed by atoms with van der Waals surface area (Å²) >= 11 is 0. The molecule has 0 unspecified atom stereocenters. The first kappa shape index (κ1) is 15.4. The fraction of sp³-hybridized carbons (Fsp3) is 0.412. The molecule has 2 rings (SSSR count). The number of phenols is 1. The lowest BCUT2D eigenvalue weighted by Crippen LogP contribution is -2.35. The molecule has 2 N–H and O–H groups in total. The molecule has 0 radical (unpaired) electrons. The molecule has 112 valence electrons. The van der Waals surface area contributed by atoms with Gasteiger partial charge in [-0.1, -0.05) is 0 Å². The molecule has 0 aliphatic heterocycles. The van der Waals surface area contributed by atoms with Crippen LogP contribution in [0.2, 0.25) is 0 Å². The topological polar surface area (TPSA) is 58.0 Å². The summed E-state index contributed by atoms with van der Waals surface area (Å²) in [4.78, 5) is 9.20. The third-order valence-corrected chi connectivity index (χ3v) is 3.34. The number of aromatic hydroxyl groups is 1. The Morgan fingerprint density at radius 1 is 1.00 bits per heavy atom. The van der Waals surface area contributed by atoms with Crippen molar-refractivity contribution in [3.8, 4) is 17.1 Å². The summed E-state index contributed by atoms with van der Waals surface area (Å²) in [5.41, 5.74) is 4.10. The second-order valence-corrected chi connectivity index (χ2v) is 6.35. The van der Waals surface area contributed by atoms with Crippen LogP contribution in [0.25, 0.3) is 11.4 Å². The summed E-state index contributed by atoms with van der Waals surface area (Å²) in [6.45, 7) is 11.2. The fourth-order valence-electron chi connectivity index (χ4n) is 2.09. The molecule has 0 spiro atoms. The van der Waals surface area contributed by atoms with Gasteiger partial charge in [0.25, 0.3) is 0 Å². The Kier molecular flexibility index (Phi) is 4.28. The predicted molar refractivity (Wildman–Crippen MR) is 85.2 cm³/mol. The summed E-state index contributed by atoms with van der Waals surface area (Å²) in [6.07, 6.45) is 0. The molecule has 0 saturated heterocycles. The van der Waals surface area contributed by atoms with E-state index in [1.165, 1.54) is 0 Å². The van der Waals surface area contributed by atoms with Crippen LogP contribution in [-0.2, 0) is 6.54 Å². The Morgan fingerprint density at radius 3 is 2.00 bits per heavy atom. The van der Waals surface area contributed by atoms with Crippen LogP contribution >= 0.6 is 0 Å². The minimum atomic E-state index is 0.0640. The van der Waals surface area contributed by atoms with E-state index in [0.717, 1.165) is 29.1 Å². The van der Waals surface area contributed by atoms with Gasteiger partial charge in [0.2, 0.25) is 0 Å². The van der Waals surface area contributed by atoms with E-state index in [2.05, 4.69) is 36.1 Å². The van der Waals surface area contributed by atoms with Crippen LogP contribution in [0.15, 0.2) is 24.3 Å². The maximum atomic E-state index is 9.35. The molecule has 4 nitrogen and oxygen atoms in total. The number of benzene rings is 1. The second-order valence-electron chi connectivity index (χ2n) is 6.35. The summed E-state index contributed by atoms with van der Waals surface area (Å²) in [6, 6.07) is 6.96. The number of rotatable bonds is 3. The smallest absolute Gasteiger partial charge is 0.159 e. The zero-order chi connectivity index (χ0) is 15.6. The molecule has 0 aliphatic rings. The van der Waals surface area contributed by atoms with E-state index in [0.29, 0.717) is 5.82 Å². The molecule has 1 aromatic heterocycles. The third-order valence-electron chi connectivity index (χ3n) is 3.34. The van der Waals surface area contributed by atoms with Crippen LogP contribution in [0.5, 0.6) is 5.75 Å². The molecule has 0 bridgehead atoms. The second kappa shape index (κ2) is 5.82. The van der Waals surface area contributed by atoms with Crippen molar-refractivity contribution in [2.75, 3.05) is 0 Å². The fourth-order valence-corrected chi connectivity index (χ4v) is 2.09. The van der Waals surface area contributed by atoms with E-state index in [9.17, 15) is 5.11 Å². The van der Waals surface area contributed by atoms with Crippen molar-refractivity contribution < 1.29 is 5.11 Å². The highest BCUT2D eigenvalue weighted by atomic mass is 16.3. The quantitative estimate of drug-likeness (QED) is 0.908. The molecule has 0 aliphatic carbocycles. The van der Waals surface area contributed by atoms with Gasteiger partial charge in [0.05, 0.1) is 0 Å². The van der Waals surface area contributed by atoms with Crippen molar-refractivity contribution in [1.82, 2.24) is 15.3 Å². The minimum Gasteiger partial charge on any atom is -0.508 e. The first-order valence-electron chi connectivity index (χ1n) is 7.15. The predicted octanol–water partition coefficient (Wildman–Crippen LogP) is 3.35. The van der Waals surface area contributed by atoms with Gasteiger partial charge in [0, 0.05) is 34.6 Å². The first-order chi connectivity index (χ1) is 9.76. The Morgan fingerprint density at radius 2 is 1.52 bits per heavy atom. The lowest BCUT2D eigenvalue weighted by molar-refractivity contribution is 0.422. The van der Waals surface area contributed by atoms with Crippen molar-refractivity contribution in [2.24, 2.45) is 0 Å². The zero-order valence-electron chi connectivity index (χ0n) is 13.4. The molecule has 1 aromatic carbocycles. The summed E-state index contributed by atoms with van der Waals surface area (Å²) in [5, 5.41) is 12.8. The van der Waals surface area contributed by atoms with E-state index >= 15 is 0 Å². The van der Waals surface area contributed by atoms with Crippen LogP contribution in [-0.4, -0.2) is 20.6 Å². The van der Waals surface area contributed by atoms with Crippen molar-refractivity contribution in [2.45, 2.75) is 46.7 Å². The first-order valence-corrected chi connectivity index (χ1v) is 7.15. The van der Waals surface area contributed by atoms with E-state index in [4.69, 9.17) is 0 Å². The number of hydrogen-bond donors (Lipinski definition) is 2. The van der Waals surface area contributed by atoms with Gasteiger partial charge in [-0.05, 0) is 58.9 Å². The van der Waals surface area contributed by atoms with Crippen molar-refractivity contribution in [1.29, 1.82) is 0 Å².